The summed E-state index contributed by atoms with van der Waals surface area (Å²) in [7, 11) is -12.2. The largest absolute Gasteiger partial charge is 1.00 e. The van der Waals surface area contributed by atoms with Crippen LogP contribution in [0.1, 0.15) is 11.1 Å². The number of benzene rings is 4. The molecule has 6 rings (SSSR count). The van der Waals surface area contributed by atoms with Gasteiger partial charge in [-0.05, 0) is 97.8 Å². The number of pyridine rings is 2. The molecular weight excluding hydrogens is 755 g/mol. The summed E-state index contributed by atoms with van der Waals surface area (Å²) in [6, 6.07) is 52.6. The van der Waals surface area contributed by atoms with E-state index >= 15 is 0 Å². The van der Waals surface area contributed by atoms with Gasteiger partial charge >= 0.3 is 50.1 Å². The zero-order chi connectivity index (χ0) is 35.4. The van der Waals surface area contributed by atoms with Crippen LogP contribution >= 0.6 is 23.7 Å². The third-order valence-corrected chi connectivity index (χ3v) is 13.3. The van der Waals surface area contributed by atoms with Crippen molar-refractivity contribution in [1.29, 1.82) is 0 Å². The summed E-state index contributed by atoms with van der Waals surface area (Å²) in [6.07, 6.45) is 6.15. The molecule has 266 valence electrons. The van der Waals surface area contributed by atoms with Crippen molar-refractivity contribution >= 4 is 44.9 Å². The van der Waals surface area contributed by atoms with E-state index in [0.717, 1.165) is 11.4 Å². The SMILES string of the molecule is Cc1ccnc(-c2cc(C)ccn2)c1.F[P-](F)(F)(F)(F)F.[Cu+].c1ccc([PH+](CC[PH+](c2ccccc2)c2ccccc2)c2ccccc2)cc1. The molecule has 0 N–H and O–H groups in total. The van der Waals surface area contributed by atoms with Gasteiger partial charge in [-0.3, -0.25) is 9.97 Å². The molecule has 2 aromatic heterocycles. The van der Waals surface area contributed by atoms with Gasteiger partial charge in [0, 0.05) is 12.4 Å². The quantitative estimate of drug-likeness (QED) is 0.0872. The molecule has 0 amide bonds. The van der Waals surface area contributed by atoms with Crippen LogP contribution in [0, 0.1) is 13.8 Å². The summed E-state index contributed by atoms with van der Waals surface area (Å²) >= 11 is 0. The molecule has 0 saturated heterocycles. The van der Waals surface area contributed by atoms with Gasteiger partial charge in [0.25, 0.3) is 0 Å². The van der Waals surface area contributed by atoms with Crippen LogP contribution in [-0.4, -0.2) is 22.3 Å². The van der Waals surface area contributed by atoms with E-state index in [2.05, 4.69) is 145 Å². The fourth-order valence-corrected chi connectivity index (χ4v) is 11.3. The van der Waals surface area contributed by atoms with E-state index in [4.69, 9.17) is 0 Å². The van der Waals surface area contributed by atoms with E-state index in [1.807, 2.05) is 36.7 Å². The molecule has 0 atom stereocenters. The molecule has 0 unspecified atom stereocenters. The molecular formula is C38H38CuF6N2P3+2. The average molecular weight is 793 g/mol. The van der Waals surface area contributed by atoms with Gasteiger partial charge in [-0.2, -0.15) is 0 Å². The molecule has 2 nitrogen and oxygen atoms in total. The molecule has 0 bridgehead atoms. The van der Waals surface area contributed by atoms with Crippen LogP contribution in [0.4, 0.5) is 25.2 Å². The molecule has 4 aromatic carbocycles. The first-order valence-corrected chi connectivity index (χ1v) is 20.9. The summed E-state index contributed by atoms with van der Waals surface area (Å²) in [6.45, 7) is 4.11. The fraction of sp³-hybridized carbons (Fsp3) is 0.105. The minimum Gasteiger partial charge on any atom is -0.0620 e. The maximum absolute atomic E-state index is 10.7. The monoisotopic (exact) mass is 792 g/mol. The molecule has 0 fully saturated rings. The van der Waals surface area contributed by atoms with E-state index in [-0.39, 0.29) is 17.1 Å². The Morgan fingerprint density at radius 2 is 0.680 bits per heavy atom. The number of nitrogens with zero attached hydrogens (tertiary/aromatic N) is 2. The maximum Gasteiger partial charge on any atom is 1.00 e. The zero-order valence-electron chi connectivity index (χ0n) is 27.3. The molecule has 12 heteroatoms. The Labute approximate surface area is 302 Å². The molecule has 0 aliphatic carbocycles. The molecule has 50 heavy (non-hydrogen) atoms. The number of hydrogen-bond acceptors (Lipinski definition) is 2. The molecule has 2 heterocycles. The minimum absolute atomic E-state index is 0. The summed E-state index contributed by atoms with van der Waals surface area (Å²) in [5.74, 6) is 0. The normalized spacial score (nSPS) is 12.3. The van der Waals surface area contributed by atoms with Crippen LogP contribution < -0.4 is 21.2 Å². The molecule has 0 spiro atoms. The zero-order valence-corrected chi connectivity index (χ0v) is 31.2. The van der Waals surface area contributed by atoms with Crippen molar-refractivity contribution in [2.75, 3.05) is 12.3 Å². The van der Waals surface area contributed by atoms with Crippen LogP contribution in [0.3, 0.4) is 0 Å². The van der Waals surface area contributed by atoms with Gasteiger partial charge in [-0.25, -0.2) is 0 Å². The summed E-state index contributed by atoms with van der Waals surface area (Å²) in [5.41, 5.74) is 4.29. The van der Waals surface area contributed by atoms with Gasteiger partial charge in [0.15, 0.2) is 0 Å². The third-order valence-electron chi connectivity index (χ3n) is 7.21. The number of aromatic nitrogens is 2. The van der Waals surface area contributed by atoms with Crippen molar-refractivity contribution in [2.45, 2.75) is 13.8 Å². The molecule has 0 aliphatic heterocycles. The second-order valence-corrected chi connectivity index (χ2v) is 18.5. The topological polar surface area (TPSA) is 25.8 Å². The van der Waals surface area contributed by atoms with Crippen molar-refractivity contribution in [3.8, 4) is 11.4 Å². The summed E-state index contributed by atoms with van der Waals surface area (Å²) < 4.78 is 59.2. The van der Waals surface area contributed by atoms with E-state index < -0.39 is 23.7 Å². The Morgan fingerprint density at radius 3 is 0.900 bits per heavy atom. The Morgan fingerprint density at radius 1 is 0.440 bits per heavy atom. The van der Waals surface area contributed by atoms with E-state index in [9.17, 15) is 25.2 Å². The second-order valence-electron chi connectivity index (χ2n) is 11.3. The van der Waals surface area contributed by atoms with Gasteiger partial charge in [-0.15, -0.1) is 0 Å². The van der Waals surface area contributed by atoms with Gasteiger partial charge in [0.05, 0.1) is 48.4 Å². The van der Waals surface area contributed by atoms with Crippen LogP contribution in [0.25, 0.3) is 11.4 Å². The molecule has 0 aliphatic rings. The summed E-state index contributed by atoms with van der Waals surface area (Å²) in [5, 5.41) is 6.06. The van der Waals surface area contributed by atoms with Crippen LogP contribution in [0.5, 0.6) is 0 Å². The number of hydrogen-bond donors (Lipinski definition) is 0. The first-order chi connectivity index (χ1) is 23.1. The number of aryl methyl sites for hydroxylation is 2. The molecule has 6 aromatic rings. The average Bonchev–Trinajstić information content (AvgIpc) is 3.07. The van der Waals surface area contributed by atoms with Gasteiger partial charge < -0.3 is 0 Å². The first-order valence-electron chi connectivity index (χ1n) is 15.5. The van der Waals surface area contributed by atoms with Crippen molar-refractivity contribution in [3.05, 3.63) is 169 Å². The summed E-state index contributed by atoms with van der Waals surface area (Å²) in [4.78, 5) is 8.58. The smallest absolute Gasteiger partial charge is 0.0620 e. The predicted molar refractivity (Wildman–Crippen MR) is 201 cm³/mol. The number of halogens is 6. The van der Waals surface area contributed by atoms with Crippen LogP contribution in [0.2, 0.25) is 0 Å². The Bertz CT molecular complexity index is 1670. The van der Waals surface area contributed by atoms with E-state index in [1.165, 1.54) is 44.7 Å². The van der Waals surface area contributed by atoms with Crippen molar-refractivity contribution in [3.63, 3.8) is 0 Å². The van der Waals surface area contributed by atoms with Crippen molar-refractivity contribution in [2.24, 2.45) is 0 Å². The Hall–Kier alpha value is -3.43. The second kappa shape index (κ2) is 17.7. The molecule has 0 saturated carbocycles. The fourth-order valence-electron chi connectivity index (χ4n) is 5.07. The van der Waals surface area contributed by atoms with Crippen LogP contribution in [-0.2, 0) is 17.1 Å². The molecule has 0 radical (unpaired) electrons. The maximum atomic E-state index is 9.87. The third kappa shape index (κ3) is 15.6. The first kappa shape index (κ1) is 41.0. The Balaban J connectivity index is 0.000000255. The van der Waals surface area contributed by atoms with Crippen molar-refractivity contribution in [1.82, 2.24) is 9.97 Å². The minimum atomic E-state index is -10.7. The van der Waals surface area contributed by atoms with E-state index in [0.29, 0.717) is 0 Å². The number of rotatable bonds is 8. The van der Waals surface area contributed by atoms with Crippen LogP contribution in [0.15, 0.2) is 158 Å². The van der Waals surface area contributed by atoms with Gasteiger partial charge in [0.2, 0.25) is 0 Å². The Kier molecular flexibility index (Phi) is 14.5. The predicted octanol–water partition coefficient (Wildman–Crippen LogP) is 10.9. The van der Waals surface area contributed by atoms with Crippen molar-refractivity contribution < 1.29 is 42.3 Å². The van der Waals surface area contributed by atoms with Gasteiger partial charge in [-0.1, -0.05) is 72.8 Å². The van der Waals surface area contributed by atoms with E-state index in [1.54, 1.807) is 0 Å². The standard InChI is InChI=1S/C26H24P2.C12H12N2.Cu.F6P/c1-5-13-23(14-6-1)27(24-15-7-2-8-16-24)21-22-28(25-17-9-3-10-18-25)26-19-11-4-12-20-26;1-9-3-5-13-11(7-9)12-8-10(2)4-6-14-12;;1-7(2,3,4,5)6/h1-20H,21-22H2;3-8H,1-2H3;;/q;;+1;-1/p+2. The van der Waals surface area contributed by atoms with Gasteiger partial charge in [0.1, 0.15) is 12.3 Å².